The molecular weight excluding hydrogens is 658 g/mol. The Bertz CT molecular complexity index is 1410. The second-order valence-electron chi connectivity index (χ2n) is 15.6. The van der Waals surface area contributed by atoms with Gasteiger partial charge in [0.1, 0.15) is 30.8 Å². The summed E-state index contributed by atoms with van der Waals surface area (Å²) in [6.45, 7) is 10.8. The van der Waals surface area contributed by atoms with E-state index in [1.807, 2.05) is 31.0 Å². The lowest BCUT2D eigenvalue weighted by Crippen LogP contribution is -2.69. The molecule has 6 unspecified atom stereocenters. The maximum absolute atomic E-state index is 14.2. The van der Waals surface area contributed by atoms with E-state index in [0.717, 1.165) is 92.9 Å². The van der Waals surface area contributed by atoms with Crippen molar-refractivity contribution < 1.29 is 34.1 Å². The molecule has 1 aromatic carbocycles. The molecule has 10 nitrogen and oxygen atoms in total. The van der Waals surface area contributed by atoms with Crippen LogP contribution in [0.15, 0.2) is 47.7 Å². The molecule has 3 fully saturated rings. The molecule has 6 atom stereocenters. The molecule has 5 aliphatic rings. The van der Waals surface area contributed by atoms with E-state index in [1.54, 1.807) is 6.08 Å². The van der Waals surface area contributed by atoms with Gasteiger partial charge in [0.2, 0.25) is 11.7 Å². The van der Waals surface area contributed by atoms with E-state index in [9.17, 15) is 15.0 Å². The number of ether oxygens (including phenoxy) is 3. The molecule has 2 saturated carbocycles. The fraction of sp³-hybridized carbons (Fsp3) is 0.714. The van der Waals surface area contributed by atoms with E-state index >= 15 is 0 Å². The number of aliphatic hydroxyl groups is 2. The second-order valence-corrected chi connectivity index (χ2v) is 15.6. The lowest BCUT2D eigenvalue weighted by atomic mass is 9.55. The van der Waals surface area contributed by atoms with Crippen molar-refractivity contribution in [3.63, 3.8) is 0 Å². The van der Waals surface area contributed by atoms with Crippen LogP contribution in [0.4, 0.5) is 0 Å². The van der Waals surface area contributed by atoms with Crippen molar-refractivity contribution in [2.75, 3.05) is 59.7 Å². The summed E-state index contributed by atoms with van der Waals surface area (Å²) in [5, 5.41) is 24.4. The zero-order valence-electron chi connectivity index (χ0n) is 31.7. The molecule has 288 valence electrons. The highest BCUT2D eigenvalue weighted by molar-refractivity contribution is 6.03. The van der Waals surface area contributed by atoms with Gasteiger partial charge in [-0.15, -0.1) is 6.58 Å². The van der Waals surface area contributed by atoms with E-state index in [4.69, 9.17) is 24.2 Å². The highest BCUT2D eigenvalue weighted by Crippen LogP contribution is 2.61. The molecule has 10 heteroatoms. The quantitative estimate of drug-likeness (QED) is 0.0644. The fourth-order valence-electron chi connectivity index (χ4n) is 9.52. The number of unbranched alkanes of at least 4 members (excludes halogenated alkanes) is 2. The zero-order valence-corrected chi connectivity index (χ0v) is 31.7. The molecule has 1 saturated heterocycles. The summed E-state index contributed by atoms with van der Waals surface area (Å²) in [6.07, 6.45) is 16.0. The molecule has 2 aliphatic heterocycles. The van der Waals surface area contributed by atoms with Crippen molar-refractivity contribution in [3.8, 4) is 11.5 Å². The highest BCUT2D eigenvalue weighted by Gasteiger charge is 2.65. The average molecular weight is 722 g/mol. The Balaban J connectivity index is 1.47. The molecule has 0 radical (unpaired) electrons. The number of benzene rings is 1. The van der Waals surface area contributed by atoms with E-state index in [1.165, 1.54) is 25.7 Å². The first kappa shape index (κ1) is 38.8. The number of nitrogens with zero attached hydrogens (tertiary/aromatic N) is 3. The predicted octanol–water partition coefficient (Wildman–Crippen LogP) is 6.46. The number of carbonyl (C=O) groups excluding carboxylic acids is 1. The maximum Gasteiger partial charge on any atom is 0.239 e. The Morgan fingerprint density at radius 1 is 1.12 bits per heavy atom. The van der Waals surface area contributed by atoms with E-state index in [-0.39, 0.29) is 49.4 Å². The van der Waals surface area contributed by atoms with Gasteiger partial charge in [0.25, 0.3) is 0 Å². The van der Waals surface area contributed by atoms with Gasteiger partial charge in [-0.05, 0) is 80.6 Å². The van der Waals surface area contributed by atoms with Crippen molar-refractivity contribution in [1.29, 1.82) is 0 Å². The molecule has 52 heavy (non-hydrogen) atoms. The normalized spacial score (nSPS) is 28.8. The number of rotatable bonds is 21. The third kappa shape index (κ3) is 8.72. The van der Waals surface area contributed by atoms with Gasteiger partial charge in [-0.1, -0.05) is 55.8 Å². The minimum atomic E-state index is -1.20. The van der Waals surface area contributed by atoms with Crippen LogP contribution in [0.25, 0.3) is 0 Å². The molecule has 2 N–H and O–H groups in total. The molecule has 1 amide bonds. The first-order chi connectivity index (χ1) is 25.4. The Kier molecular flexibility index (Phi) is 13.7. The Morgan fingerprint density at radius 3 is 2.60 bits per heavy atom. The lowest BCUT2D eigenvalue weighted by Gasteiger charge is -2.59. The zero-order chi connectivity index (χ0) is 36.5. The molecule has 0 spiro atoms. The third-order valence-electron chi connectivity index (χ3n) is 12.3. The summed E-state index contributed by atoms with van der Waals surface area (Å²) in [5.74, 6) is 1.15. The van der Waals surface area contributed by atoms with Crippen LogP contribution in [-0.2, 0) is 14.4 Å². The van der Waals surface area contributed by atoms with Crippen LogP contribution in [0.3, 0.4) is 0 Å². The number of carbonyl (C=O) groups is 1. The molecule has 6 rings (SSSR count). The number of allylic oxidation sites excluding steroid dienone is 1. The first-order valence-corrected chi connectivity index (χ1v) is 20.2. The number of amides is 1. The number of oxime groups is 1. The second kappa shape index (κ2) is 18.4. The van der Waals surface area contributed by atoms with Gasteiger partial charge in [-0.3, -0.25) is 9.69 Å². The van der Waals surface area contributed by atoms with Crippen LogP contribution < -0.4 is 9.47 Å². The maximum atomic E-state index is 14.2. The lowest BCUT2D eigenvalue weighted by molar-refractivity contribution is -0.255. The van der Waals surface area contributed by atoms with Crippen LogP contribution >= 0.6 is 0 Å². The molecule has 3 aliphatic carbocycles. The Morgan fingerprint density at radius 2 is 1.88 bits per heavy atom. The Hall–Kier alpha value is -2.92. The molecule has 2 heterocycles. The number of fused-ring (bicyclic) bond motifs is 2. The fourth-order valence-corrected chi connectivity index (χ4v) is 9.52. The predicted molar refractivity (Wildman–Crippen MR) is 202 cm³/mol. The van der Waals surface area contributed by atoms with Gasteiger partial charge in [0.05, 0.1) is 18.2 Å². The number of hydrogen-bond acceptors (Lipinski definition) is 9. The van der Waals surface area contributed by atoms with Crippen LogP contribution in [0.1, 0.15) is 102 Å². The minimum Gasteiger partial charge on any atom is -0.492 e. The van der Waals surface area contributed by atoms with Crippen LogP contribution in [0.5, 0.6) is 11.5 Å². The smallest absolute Gasteiger partial charge is 0.239 e. The monoisotopic (exact) mass is 721 g/mol. The van der Waals surface area contributed by atoms with Gasteiger partial charge >= 0.3 is 0 Å². The standard InChI is InChI=1S/C42H63N3O7/c1-4-25-50-42-38(44(3)39(48)19-16-30-12-6-7-13-30)29-36(43-51-5-2)34-27-31(14-8-10-23-46)33(15-9-11-24-47)40(41(34)42)35-28-32(17-18-37(35)52-42)49-26-22-45-20-21-45/h4,17-18,27-28,30-31,33,38,40-41,46-47H,1,5-16,19-26,29H2,2-3H3. The van der Waals surface area contributed by atoms with Gasteiger partial charge in [-0.2, -0.15) is 0 Å². The summed E-state index contributed by atoms with van der Waals surface area (Å²) < 4.78 is 20.6. The molecule has 0 bridgehead atoms. The minimum absolute atomic E-state index is 0.0428. The van der Waals surface area contributed by atoms with Crippen LogP contribution in [-0.4, -0.2) is 103 Å². The van der Waals surface area contributed by atoms with Gasteiger partial charge in [0, 0.05) is 64.2 Å². The number of aliphatic hydroxyl groups excluding tert-OH is 2. The molecule has 0 aromatic heterocycles. The van der Waals surface area contributed by atoms with E-state index in [0.29, 0.717) is 32.0 Å². The van der Waals surface area contributed by atoms with Gasteiger partial charge in [0.15, 0.2) is 0 Å². The third-order valence-corrected chi connectivity index (χ3v) is 12.3. The SMILES string of the molecule is C=CCOC12Oc3ccc(OCCN4CC4)cc3C3C(CCCCO)C(CCCCO)C=C(C(=NOCC)CC1N(C)C(=O)CCC1CCCC1)C32. The van der Waals surface area contributed by atoms with E-state index in [2.05, 4.69) is 23.6 Å². The summed E-state index contributed by atoms with van der Waals surface area (Å²) in [6, 6.07) is 5.74. The summed E-state index contributed by atoms with van der Waals surface area (Å²) in [7, 11) is 1.91. The van der Waals surface area contributed by atoms with Crippen molar-refractivity contribution in [2.45, 2.75) is 108 Å². The number of hydrogen-bond donors (Lipinski definition) is 2. The van der Waals surface area contributed by atoms with Crippen molar-refractivity contribution >= 4 is 11.6 Å². The van der Waals surface area contributed by atoms with E-state index < -0.39 is 11.8 Å². The van der Waals surface area contributed by atoms with Gasteiger partial charge in [-0.25, -0.2) is 0 Å². The Labute approximate surface area is 311 Å². The first-order valence-electron chi connectivity index (χ1n) is 20.2. The van der Waals surface area contributed by atoms with Crippen molar-refractivity contribution in [3.05, 3.63) is 48.1 Å². The summed E-state index contributed by atoms with van der Waals surface area (Å²) in [5.41, 5.74) is 3.00. The van der Waals surface area contributed by atoms with Crippen LogP contribution in [0, 0.1) is 23.7 Å². The topological polar surface area (TPSA) is 113 Å². The molecular formula is C42H63N3O7. The summed E-state index contributed by atoms with van der Waals surface area (Å²) >= 11 is 0. The number of likely N-dealkylation sites (N-methyl/N-ethyl adjacent to an activating group) is 1. The largest absolute Gasteiger partial charge is 0.492 e. The average Bonchev–Trinajstić information content (AvgIpc) is 3.83. The summed E-state index contributed by atoms with van der Waals surface area (Å²) in [4.78, 5) is 24.2. The van der Waals surface area contributed by atoms with Crippen molar-refractivity contribution in [2.24, 2.45) is 28.8 Å². The van der Waals surface area contributed by atoms with Crippen LogP contribution in [0.2, 0.25) is 0 Å². The van der Waals surface area contributed by atoms with Gasteiger partial charge < -0.3 is 34.2 Å². The molecule has 1 aromatic rings. The van der Waals surface area contributed by atoms with Crippen molar-refractivity contribution in [1.82, 2.24) is 9.80 Å². The highest BCUT2D eigenvalue weighted by atomic mass is 16.7.